The first-order chi connectivity index (χ1) is 15.8. The molecule has 0 atom stereocenters. The van der Waals surface area contributed by atoms with Crippen LogP contribution in [0.3, 0.4) is 0 Å². The standard InChI is InChI=1S/C24H17Cl5O4/c1-31-16-7-5-14(6-8-16)17(30)9-3-13-4-10-18(32-2)15(11-13)12-33-24-22(28)20(26)19(25)21(27)23(24)29/h3-11H,12H2,1-2H3/b9-3+. The molecule has 0 aliphatic rings. The lowest BCUT2D eigenvalue weighted by atomic mass is 10.1. The van der Waals surface area contributed by atoms with Crippen LogP contribution >= 0.6 is 58.0 Å². The monoisotopic (exact) mass is 544 g/mol. The van der Waals surface area contributed by atoms with Gasteiger partial charge in [0, 0.05) is 11.1 Å². The lowest BCUT2D eigenvalue weighted by Gasteiger charge is -2.15. The maximum Gasteiger partial charge on any atom is 0.185 e. The van der Waals surface area contributed by atoms with E-state index in [9.17, 15) is 4.79 Å². The fourth-order valence-corrected chi connectivity index (χ4v) is 4.13. The van der Waals surface area contributed by atoms with Gasteiger partial charge in [0.2, 0.25) is 0 Å². The number of ether oxygens (including phenoxy) is 3. The molecule has 0 aromatic heterocycles. The smallest absolute Gasteiger partial charge is 0.185 e. The molecule has 0 heterocycles. The van der Waals surface area contributed by atoms with E-state index in [0.717, 1.165) is 5.56 Å². The number of hydrogen-bond donors (Lipinski definition) is 0. The SMILES string of the molecule is COc1ccc(C(=O)/C=C/c2ccc(OC)c(COc3c(Cl)c(Cl)c(Cl)c(Cl)c3Cl)c2)cc1. The Labute approximate surface area is 216 Å². The van der Waals surface area contributed by atoms with Crippen molar-refractivity contribution in [2.24, 2.45) is 0 Å². The molecular weight excluding hydrogens is 530 g/mol. The molecular formula is C24H17Cl5O4. The van der Waals surface area contributed by atoms with Gasteiger partial charge in [-0.2, -0.15) is 0 Å². The maximum atomic E-state index is 12.5. The molecule has 0 aliphatic carbocycles. The van der Waals surface area contributed by atoms with Crippen LogP contribution in [-0.2, 0) is 6.61 Å². The van der Waals surface area contributed by atoms with Crippen molar-refractivity contribution in [1.82, 2.24) is 0 Å². The fraction of sp³-hybridized carbons (Fsp3) is 0.125. The van der Waals surface area contributed by atoms with Gasteiger partial charge in [-0.1, -0.05) is 70.1 Å². The zero-order valence-electron chi connectivity index (χ0n) is 17.4. The van der Waals surface area contributed by atoms with Crippen LogP contribution in [0.5, 0.6) is 17.2 Å². The first kappa shape index (κ1) is 25.5. The summed E-state index contributed by atoms with van der Waals surface area (Å²) in [5.41, 5.74) is 2.00. The molecule has 3 aromatic rings. The second-order valence-electron chi connectivity index (χ2n) is 6.69. The minimum Gasteiger partial charge on any atom is -0.497 e. The summed E-state index contributed by atoms with van der Waals surface area (Å²) in [6.07, 6.45) is 3.19. The molecule has 0 bridgehead atoms. The van der Waals surface area contributed by atoms with E-state index in [1.807, 2.05) is 12.1 Å². The Morgan fingerprint density at radius 2 is 1.42 bits per heavy atom. The predicted octanol–water partition coefficient (Wildman–Crippen LogP) is 8.45. The molecule has 0 amide bonds. The van der Waals surface area contributed by atoms with Crippen molar-refractivity contribution in [3.63, 3.8) is 0 Å². The van der Waals surface area contributed by atoms with Gasteiger partial charge >= 0.3 is 0 Å². The number of carbonyl (C=O) groups is 1. The average Bonchev–Trinajstić information content (AvgIpc) is 2.84. The van der Waals surface area contributed by atoms with E-state index < -0.39 is 0 Å². The Balaban J connectivity index is 1.81. The third-order valence-corrected chi connectivity index (χ3v) is 6.89. The third-order valence-electron chi connectivity index (χ3n) is 4.65. The number of methoxy groups -OCH3 is 2. The van der Waals surface area contributed by atoms with E-state index in [0.29, 0.717) is 22.6 Å². The summed E-state index contributed by atoms with van der Waals surface area (Å²) in [5.74, 6) is 1.22. The number of ketones is 1. The number of carbonyl (C=O) groups excluding carboxylic acids is 1. The lowest BCUT2D eigenvalue weighted by Crippen LogP contribution is -2.01. The molecule has 4 nitrogen and oxygen atoms in total. The second-order valence-corrected chi connectivity index (χ2v) is 8.57. The third kappa shape index (κ3) is 5.89. The number of halogens is 5. The normalized spacial score (nSPS) is 11.0. The minimum atomic E-state index is -0.143. The summed E-state index contributed by atoms with van der Waals surface area (Å²) >= 11 is 30.7. The van der Waals surface area contributed by atoms with Crippen LogP contribution in [0.1, 0.15) is 21.5 Å². The van der Waals surface area contributed by atoms with E-state index in [2.05, 4.69) is 0 Å². The average molecular weight is 547 g/mol. The van der Waals surface area contributed by atoms with Crippen LogP contribution in [0.15, 0.2) is 48.5 Å². The lowest BCUT2D eigenvalue weighted by molar-refractivity contribution is 0.104. The fourth-order valence-electron chi connectivity index (χ4n) is 2.90. The molecule has 9 heteroatoms. The Morgan fingerprint density at radius 1 is 0.818 bits per heavy atom. The Hall–Kier alpha value is -2.08. The van der Waals surface area contributed by atoms with Crippen molar-refractivity contribution in [1.29, 1.82) is 0 Å². The number of rotatable bonds is 8. The summed E-state index contributed by atoms with van der Waals surface area (Å²) in [5, 5.41) is 0.242. The van der Waals surface area contributed by atoms with E-state index in [1.165, 1.54) is 13.2 Å². The highest BCUT2D eigenvalue weighted by molar-refractivity contribution is 6.55. The zero-order valence-corrected chi connectivity index (χ0v) is 21.2. The molecule has 0 N–H and O–H groups in total. The van der Waals surface area contributed by atoms with E-state index in [1.54, 1.807) is 43.5 Å². The van der Waals surface area contributed by atoms with Gasteiger partial charge in [0.1, 0.15) is 28.2 Å². The molecule has 0 saturated heterocycles. The van der Waals surface area contributed by atoms with E-state index in [-0.39, 0.29) is 43.3 Å². The highest BCUT2D eigenvalue weighted by atomic mass is 35.5. The highest BCUT2D eigenvalue weighted by Gasteiger charge is 2.21. The van der Waals surface area contributed by atoms with E-state index >= 15 is 0 Å². The molecule has 0 unspecified atom stereocenters. The van der Waals surface area contributed by atoms with Crippen LogP contribution in [0.4, 0.5) is 0 Å². The Morgan fingerprint density at radius 3 is 2.00 bits per heavy atom. The van der Waals surface area contributed by atoms with E-state index in [4.69, 9.17) is 72.2 Å². The number of hydrogen-bond acceptors (Lipinski definition) is 4. The molecule has 0 aliphatic heterocycles. The van der Waals surface area contributed by atoms with Crippen molar-refractivity contribution < 1.29 is 19.0 Å². The first-order valence-corrected chi connectivity index (χ1v) is 11.3. The topological polar surface area (TPSA) is 44.8 Å². The molecule has 33 heavy (non-hydrogen) atoms. The van der Waals surface area contributed by atoms with Gasteiger partial charge in [0.15, 0.2) is 11.5 Å². The predicted molar refractivity (Wildman–Crippen MR) is 135 cm³/mol. The number of allylic oxidation sites excluding steroid dienone is 1. The molecule has 3 aromatic carbocycles. The molecule has 0 radical (unpaired) electrons. The largest absolute Gasteiger partial charge is 0.497 e. The van der Waals surface area contributed by atoms with Crippen molar-refractivity contribution in [3.8, 4) is 17.2 Å². The molecule has 172 valence electrons. The summed E-state index contributed by atoms with van der Waals surface area (Å²) in [4.78, 5) is 12.5. The van der Waals surface area contributed by atoms with Gasteiger partial charge in [-0.25, -0.2) is 0 Å². The second kappa shape index (κ2) is 11.4. The number of benzene rings is 3. The molecule has 0 spiro atoms. The first-order valence-electron chi connectivity index (χ1n) is 9.44. The van der Waals surface area contributed by atoms with Crippen molar-refractivity contribution in [2.75, 3.05) is 14.2 Å². The summed E-state index contributed by atoms with van der Waals surface area (Å²) in [7, 11) is 3.11. The van der Waals surface area contributed by atoms with Crippen LogP contribution in [0.2, 0.25) is 25.1 Å². The van der Waals surface area contributed by atoms with Crippen LogP contribution in [0.25, 0.3) is 6.08 Å². The Bertz CT molecular complexity index is 1180. The van der Waals surface area contributed by atoms with Crippen molar-refractivity contribution >= 4 is 69.9 Å². The van der Waals surface area contributed by atoms with Gasteiger partial charge < -0.3 is 14.2 Å². The van der Waals surface area contributed by atoms with Gasteiger partial charge in [-0.05, 0) is 48.0 Å². The van der Waals surface area contributed by atoms with Gasteiger partial charge in [0.05, 0.1) is 29.3 Å². The van der Waals surface area contributed by atoms with Gasteiger partial charge in [0.25, 0.3) is 0 Å². The highest BCUT2D eigenvalue weighted by Crippen LogP contribution is 2.48. The molecule has 0 fully saturated rings. The quantitative estimate of drug-likeness (QED) is 0.123. The summed E-state index contributed by atoms with van der Waals surface area (Å²) in [6.45, 7) is 0.0466. The molecule has 0 saturated carbocycles. The summed E-state index contributed by atoms with van der Waals surface area (Å²) < 4.78 is 16.3. The van der Waals surface area contributed by atoms with Crippen LogP contribution < -0.4 is 14.2 Å². The van der Waals surface area contributed by atoms with Gasteiger partial charge in [-0.15, -0.1) is 0 Å². The van der Waals surface area contributed by atoms with Crippen molar-refractivity contribution in [2.45, 2.75) is 6.61 Å². The van der Waals surface area contributed by atoms with Crippen LogP contribution in [0, 0.1) is 0 Å². The zero-order chi connectivity index (χ0) is 24.1. The van der Waals surface area contributed by atoms with Gasteiger partial charge in [-0.3, -0.25) is 4.79 Å². The van der Waals surface area contributed by atoms with Crippen LogP contribution in [-0.4, -0.2) is 20.0 Å². The van der Waals surface area contributed by atoms with Crippen molar-refractivity contribution in [3.05, 3.63) is 90.3 Å². The molecule has 3 rings (SSSR count). The Kier molecular flexibility index (Phi) is 8.80. The summed E-state index contributed by atoms with van der Waals surface area (Å²) in [6, 6.07) is 12.3. The minimum absolute atomic E-state index is 0.0448. The maximum absolute atomic E-state index is 12.5.